The monoisotopic (exact) mass is 264 g/mol. The van der Waals surface area contributed by atoms with Crippen molar-refractivity contribution in [3.8, 4) is 0 Å². The summed E-state index contributed by atoms with van der Waals surface area (Å²) >= 11 is 5.87. The zero-order valence-corrected chi connectivity index (χ0v) is 11.0. The highest BCUT2D eigenvalue weighted by Gasteiger charge is 2.09. The third kappa shape index (κ3) is 4.63. The minimum absolute atomic E-state index is 0.144. The summed E-state index contributed by atoms with van der Waals surface area (Å²) in [6, 6.07) is 7.25. The van der Waals surface area contributed by atoms with Crippen molar-refractivity contribution >= 4 is 17.6 Å². The summed E-state index contributed by atoms with van der Waals surface area (Å²) in [6.45, 7) is 8.68. The van der Waals surface area contributed by atoms with Gasteiger partial charge in [0.1, 0.15) is 0 Å². The van der Waals surface area contributed by atoms with Gasteiger partial charge in [-0.15, -0.1) is 13.2 Å². The van der Waals surface area contributed by atoms with Gasteiger partial charge in [0, 0.05) is 24.7 Å². The van der Waals surface area contributed by atoms with Crippen molar-refractivity contribution in [2.75, 3.05) is 13.1 Å². The summed E-state index contributed by atoms with van der Waals surface area (Å²) < 4.78 is 0. The zero-order chi connectivity index (χ0) is 13.4. The van der Waals surface area contributed by atoms with E-state index in [2.05, 4.69) is 18.5 Å². The van der Waals surface area contributed by atoms with Crippen LogP contribution in [0.25, 0.3) is 0 Å². The molecule has 3 nitrogen and oxygen atoms in total. The quantitative estimate of drug-likeness (QED) is 0.786. The van der Waals surface area contributed by atoms with E-state index in [1.54, 1.807) is 23.1 Å². The van der Waals surface area contributed by atoms with Gasteiger partial charge in [0.05, 0.1) is 0 Å². The Labute approximate surface area is 113 Å². The van der Waals surface area contributed by atoms with Gasteiger partial charge in [-0.3, -0.25) is 0 Å². The first-order valence-electron chi connectivity index (χ1n) is 5.66. The number of carbonyl (C=O) groups is 1. The molecule has 0 saturated carbocycles. The van der Waals surface area contributed by atoms with Gasteiger partial charge in [-0.1, -0.05) is 35.9 Å². The van der Waals surface area contributed by atoms with Crippen molar-refractivity contribution in [2.24, 2.45) is 0 Å². The van der Waals surface area contributed by atoms with E-state index in [9.17, 15) is 4.79 Å². The lowest BCUT2D eigenvalue weighted by Gasteiger charge is -2.19. The molecule has 0 atom stereocenters. The lowest BCUT2D eigenvalue weighted by Crippen LogP contribution is -2.39. The number of amides is 2. The normalized spacial score (nSPS) is 9.61. The molecule has 18 heavy (non-hydrogen) atoms. The smallest absolute Gasteiger partial charge is 0.318 e. The predicted octanol–water partition coefficient (Wildman–Crippen LogP) is 3.22. The highest BCUT2D eigenvalue weighted by atomic mass is 35.5. The van der Waals surface area contributed by atoms with Crippen LogP contribution in [0.15, 0.2) is 49.6 Å². The maximum Gasteiger partial charge on any atom is 0.318 e. The second-order valence-corrected chi connectivity index (χ2v) is 4.21. The van der Waals surface area contributed by atoms with Crippen molar-refractivity contribution in [1.29, 1.82) is 0 Å². The molecule has 1 aromatic rings. The van der Waals surface area contributed by atoms with E-state index in [-0.39, 0.29) is 6.03 Å². The Morgan fingerprint density at radius 1 is 1.33 bits per heavy atom. The summed E-state index contributed by atoms with van der Waals surface area (Å²) in [6.07, 6.45) is 3.37. The Balaban J connectivity index is 2.53. The summed E-state index contributed by atoms with van der Waals surface area (Å²) in [7, 11) is 0. The van der Waals surface area contributed by atoms with E-state index >= 15 is 0 Å². The van der Waals surface area contributed by atoms with Crippen LogP contribution in [0.2, 0.25) is 5.02 Å². The van der Waals surface area contributed by atoms with Crippen LogP contribution in [0.5, 0.6) is 0 Å². The number of carbonyl (C=O) groups excluding carboxylic acids is 1. The molecule has 1 aromatic carbocycles. The van der Waals surface area contributed by atoms with Crippen molar-refractivity contribution in [3.05, 3.63) is 60.2 Å². The molecule has 0 aliphatic carbocycles. The van der Waals surface area contributed by atoms with Gasteiger partial charge >= 0.3 is 6.03 Å². The minimum Gasteiger partial charge on any atom is -0.334 e. The van der Waals surface area contributed by atoms with Crippen LogP contribution in [-0.4, -0.2) is 24.0 Å². The first-order valence-corrected chi connectivity index (χ1v) is 6.04. The standard InChI is InChI=1S/C14H17ClN2O/c1-3-8-17(9-4-2)14(18)16-11-12-6-5-7-13(15)10-12/h3-7,10H,1-2,8-9,11H2,(H,16,18). The lowest BCUT2D eigenvalue weighted by molar-refractivity contribution is 0.208. The van der Waals surface area contributed by atoms with Crippen molar-refractivity contribution in [1.82, 2.24) is 10.2 Å². The van der Waals surface area contributed by atoms with Gasteiger partial charge in [-0.25, -0.2) is 4.79 Å². The largest absolute Gasteiger partial charge is 0.334 e. The minimum atomic E-state index is -0.144. The number of nitrogens with zero attached hydrogens (tertiary/aromatic N) is 1. The van der Waals surface area contributed by atoms with Crippen molar-refractivity contribution < 1.29 is 4.79 Å². The Bertz CT molecular complexity index is 422. The van der Waals surface area contributed by atoms with E-state index < -0.39 is 0 Å². The van der Waals surface area contributed by atoms with Crippen LogP contribution in [-0.2, 0) is 6.54 Å². The fourth-order valence-corrected chi connectivity index (χ4v) is 1.70. The Morgan fingerprint density at radius 3 is 2.56 bits per heavy atom. The molecule has 1 N–H and O–H groups in total. The summed E-state index contributed by atoms with van der Waals surface area (Å²) in [5, 5.41) is 3.49. The van der Waals surface area contributed by atoms with Crippen LogP contribution >= 0.6 is 11.6 Å². The topological polar surface area (TPSA) is 32.3 Å². The fourth-order valence-electron chi connectivity index (χ4n) is 1.49. The third-order valence-corrected chi connectivity index (χ3v) is 2.55. The molecule has 0 unspecified atom stereocenters. The van der Waals surface area contributed by atoms with E-state index in [1.807, 2.05) is 18.2 Å². The SMILES string of the molecule is C=CCN(CC=C)C(=O)NCc1cccc(Cl)c1. The number of halogens is 1. The van der Waals surface area contributed by atoms with Gasteiger partial charge < -0.3 is 10.2 Å². The van der Waals surface area contributed by atoms with E-state index in [1.165, 1.54) is 0 Å². The van der Waals surface area contributed by atoms with Crippen LogP contribution in [0.4, 0.5) is 4.79 Å². The van der Waals surface area contributed by atoms with Crippen LogP contribution in [0, 0.1) is 0 Å². The van der Waals surface area contributed by atoms with Crippen molar-refractivity contribution in [3.63, 3.8) is 0 Å². The molecule has 4 heteroatoms. The molecule has 0 radical (unpaired) electrons. The molecule has 0 aliphatic heterocycles. The molecule has 0 fully saturated rings. The van der Waals surface area contributed by atoms with Crippen molar-refractivity contribution in [2.45, 2.75) is 6.54 Å². The Kier molecular flexibility index (Phi) is 6.01. The molecule has 0 aromatic heterocycles. The number of hydrogen-bond donors (Lipinski definition) is 1. The van der Waals surface area contributed by atoms with Gasteiger partial charge in [-0.05, 0) is 17.7 Å². The molecule has 96 valence electrons. The molecule has 0 aliphatic rings. The number of rotatable bonds is 6. The predicted molar refractivity (Wildman–Crippen MR) is 75.7 cm³/mol. The van der Waals surface area contributed by atoms with Gasteiger partial charge in [0.2, 0.25) is 0 Å². The second kappa shape index (κ2) is 7.56. The summed E-state index contributed by atoms with van der Waals surface area (Å²) in [4.78, 5) is 13.5. The Morgan fingerprint density at radius 2 is 2.00 bits per heavy atom. The number of urea groups is 1. The highest BCUT2D eigenvalue weighted by molar-refractivity contribution is 6.30. The molecule has 0 saturated heterocycles. The number of benzene rings is 1. The second-order valence-electron chi connectivity index (χ2n) is 3.77. The molecule has 0 spiro atoms. The van der Waals surface area contributed by atoms with Crippen LogP contribution in [0.3, 0.4) is 0 Å². The van der Waals surface area contributed by atoms with Gasteiger partial charge in [-0.2, -0.15) is 0 Å². The summed E-state index contributed by atoms with van der Waals surface area (Å²) in [5.74, 6) is 0. The fraction of sp³-hybridized carbons (Fsp3) is 0.214. The zero-order valence-electron chi connectivity index (χ0n) is 10.2. The maximum absolute atomic E-state index is 11.9. The first kappa shape index (κ1) is 14.3. The van der Waals surface area contributed by atoms with E-state index in [4.69, 9.17) is 11.6 Å². The molecule has 1 rings (SSSR count). The molecule has 2 amide bonds. The van der Waals surface area contributed by atoms with Crippen LogP contribution in [0.1, 0.15) is 5.56 Å². The van der Waals surface area contributed by atoms with E-state index in [0.29, 0.717) is 24.7 Å². The molecular formula is C14H17ClN2O. The first-order chi connectivity index (χ1) is 8.67. The molecule has 0 bridgehead atoms. The van der Waals surface area contributed by atoms with Gasteiger partial charge in [0.25, 0.3) is 0 Å². The number of nitrogens with one attached hydrogen (secondary N) is 1. The average Bonchev–Trinajstić information content (AvgIpc) is 2.36. The van der Waals surface area contributed by atoms with E-state index in [0.717, 1.165) is 5.56 Å². The average molecular weight is 265 g/mol. The molecular weight excluding hydrogens is 248 g/mol. The van der Waals surface area contributed by atoms with Crippen LogP contribution < -0.4 is 5.32 Å². The van der Waals surface area contributed by atoms with Gasteiger partial charge in [0.15, 0.2) is 0 Å². The number of hydrogen-bond acceptors (Lipinski definition) is 1. The molecule has 0 heterocycles. The maximum atomic E-state index is 11.9. The summed E-state index contributed by atoms with van der Waals surface area (Å²) in [5.41, 5.74) is 0.966. The Hall–Kier alpha value is -1.74. The highest BCUT2D eigenvalue weighted by Crippen LogP contribution is 2.10. The lowest BCUT2D eigenvalue weighted by atomic mass is 10.2. The third-order valence-electron chi connectivity index (χ3n) is 2.32.